The molecule has 1 heterocycles. The standard InChI is InChI=1S/C17H25N3O3S2/c1-5-11(2)8-12(3)20-17-19-10-15(24-17)13-6-7-14(23-4)16(9-13)25(18,21)22/h6-7,9-12H,5,8H2,1-4H3,(H,19,20)(H2,18,21,22). The summed E-state index contributed by atoms with van der Waals surface area (Å²) in [6, 6.07) is 5.25. The highest BCUT2D eigenvalue weighted by Crippen LogP contribution is 2.34. The lowest BCUT2D eigenvalue weighted by molar-refractivity contribution is 0.403. The van der Waals surface area contributed by atoms with Crippen LogP contribution in [-0.2, 0) is 10.0 Å². The van der Waals surface area contributed by atoms with Gasteiger partial charge in [0.05, 0.1) is 12.0 Å². The second-order valence-electron chi connectivity index (χ2n) is 6.23. The number of nitrogens with zero attached hydrogens (tertiary/aromatic N) is 1. The molecule has 2 aromatic rings. The topological polar surface area (TPSA) is 94.3 Å². The lowest BCUT2D eigenvalue weighted by Gasteiger charge is -2.16. The molecule has 6 nitrogen and oxygen atoms in total. The van der Waals surface area contributed by atoms with E-state index in [1.807, 2.05) is 0 Å². The van der Waals surface area contributed by atoms with Gasteiger partial charge >= 0.3 is 0 Å². The second-order valence-corrected chi connectivity index (χ2v) is 8.80. The summed E-state index contributed by atoms with van der Waals surface area (Å²) in [5.41, 5.74) is 0.741. The molecule has 0 fully saturated rings. The Bertz CT molecular complexity index is 818. The van der Waals surface area contributed by atoms with Gasteiger partial charge in [-0.15, -0.1) is 0 Å². The van der Waals surface area contributed by atoms with Gasteiger partial charge in [0.1, 0.15) is 10.6 Å². The predicted octanol–water partition coefficient (Wildman–Crippen LogP) is 3.70. The zero-order chi connectivity index (χ0) is 18.6. The van der Waals surface area contributed by atoms with Crippen LogP contribution in [0.15, 0.2) is 29.3 Å². The quantitative estimate of drug-likeness (QED) is 0.725. The van der Waals surface area contributed by atoms with Crippen molar-refractivity contribution in [1.82, 2.24) is 4.98 Å². The van der Waals surface area contributed by atoms with E-state index in [0.29, 0.717) is 12.0 Å². The summed E-state index contributed by atoms with van der Waals surface area (Å²) in [5, 5.41) is 9.50. The number of aromatic nitrogens is 1. The van der Waals surface area contributed by atoms with Crippen molar-refractivity contribution in [2.24, 2.45) is 11.1 Å². The van der Waals surface area contributed by atoms with Crippen molar-refractivity contribution in [3.63, 3.8) is 0 Å². The number of nitrogens with one attached hydrogen (secondary N) is 1. The molecule has 138 valence electrons. The van der Waals surface area contributed by atoms with Crippen LogP contribution in [0.5, 0.6) is 5.75 Å². The molecule has 0 saturated carbocycles. The largest absolute Gasteiger partial charge is 0.495 e. The summed E-state index contributed by atoms with van der Waals surface area (Å²) < 4.78 is 28.6. The first-order valence-corrected chi connectivity index (χ1v) is 10.5. The second kappa shape index (κ2) is 8.16. The van der Waals surface area contributed by atoms with Crippen LogP contribution in [0, 0.1) is 5.92 Å². The molecule has 0 aliphatic rings. The molecule has 2 unspecified atom stereocenters. The van der Waals surface area contributed by atoms with Crippen LogP contribution in [-0.4, -0.2) is 26.6 Å². The summed E-state index contributed by atoms with van der Waals surface area (Å²) in [6.07, 6.45) is 3.96. The van der Waals surface area contributed by atoms with Gasteiger partial charge in [-0.05, 0) is 43.0 Å². The van der Waals surface area contributed by atoms with Crippen LogP contribution in [0.4, 0.5) is 5.13 Å². The Balaban J connectivity index is 2.22. The Labute approximate surface area is 153 Å². The third kappa shape index (κ3) is 5.17. The van der Waals surface area contributed by atoms with Crippen LogP contribution < -0.4 is 15.2 Å². The van der Waals surface area contributed by atoms with E-state index in [1.165, 1.54) is 24.5 Å². The maximum Gasteiger partial charge on any atom is 0.241 e. The summed E-state index contributed by atoms with van der Waals surface area (Å²) in [5.74, 6) is 0.886. The molecular weight excluding hydrogens is 358 g/mol. The third-order valence-corrected chi connectivity index (χ3v) is 5.99. The summed E-state index contributed by atoms with van der Waals surface area (Å²) in [4.78, 5) is 5.23. The van der Waals surface area contributed by atoms with Crippen molar-refractivity contribution in [2.75, 3.05) is 12.4 Å². The highest BCUT2D eigenvalue weighted by Gasteiger charge is 2.17. The molecule has 0 radical (unpaired) electrons. The first-order chi connectivity index (χ1) is 11.7. The number of primary sulfonamides is 1. The Morgan fingerprint density at radius 2 is 2.08 bits per heavy atom. The number of thiazole rings is 1. The van der Waals surface area contributed by atoms with Crippen molar-refractivity contribution in [2.45, 2.75) is 44.6 Å². The van der Waals surface area contributed by atoms with Crippen LogP contribution >= 0.6 is 11.3 Å². The maximum absolute atomic E-state index is 11.8. The van der Waals surface area contributed by atoms with Crippen molar-refractivity contribution in [1.29, 1.82) is 0 Å². The van der Waals surface area contributed by atoms with Gasteiger partial charge in [0.25, 0.3) is 0 Å². The van der Waals surface area contributed by atoms with E-state index in [1.54, 1.807) is 18.3 Å². The van der Waals surface area contributed by atoms with E-state index in [9.17, 15) is 8.42 Å². The molecule has 0 spiro atoms. The fourth-order valence-electron chi connectivity index (χ4n) is 2.57. The Morgan fingerprint density at radius 3 is 2.68 bits per heavy atom. The molecule has 2 rings (SSSR count). The number of benzene rings is 1. The summed E-state index contributed by atoms with van der Waals surface area (Å²) >= 11 is 1.48. The monoisotopic (exact) mass is 383 g/mol. The average Bonchev–Trinajstić information content (AvgIpc) is 3.01. The fraction of sp³-hybridized carbons (Fsp3) is 0.471. The Hall–Kier alpha value is -1.64. The van der Waals surface area contributed by atoms with E-state index in [4.69, 9.17) is 9.88 Å². The molecule has 2 atom stereocenters. The van der Waals surface area contributed by atoms with Crippen LogP contribution in [0.25, 0.3) is 10.4 Å². The molecule has 0 aliphatic heterocycles. The molecule has 0 saturated heterocycles. The van der Waals surface area contributed by atoms with Crippen molar-refractivity contribution in [3.05, 3.63) is 24.4 Å². The van der Waals surface area contributed by atoms with E-state index in [2.05, 4.69) is 31.1 Å². The average molecular weight is 384 g/mol. The van der Waals surface area contributed by atoms with E-state index < -0.39 is 10.0 Å². The minimum absolute atomic E-state index is 0.0273. The minimum Gasteiger partial charge on any atom is -0.495 e. The van der Waals surface area contributed by atoms with Crippen molar-refractivity contribution >= 4 is 26.5 Å². The lowest BCUT2D eigenvalue weighted by Crippen LogP contribution is -2.17. The minimum atomic E-state index is -3.86. The van der Waals surface area contributed by atoms with Crippen LogP contribution in [0.3, 0.4) is 0 Å². The van der Waals surface area contributed by atoms with Crippen molar-refractivity contribution < 1.29 is 13.2 Å². The molecular formula is C17H25N3O3S2. The highest BCUT2D eigenvalue weighted by atomic mass is 32.2. The van der Waals surface area contributed by atoms with Crippen molar-refractivity contribution in [3.8, 4) is 16.2 Å². The van der Waals surface area contributed by atoms with Gasteiger partial charge in [0.15, 0.2) is 5.13 Å². The molecule has 0 bridgehead atoms. The maximum atomic E-state index is 11.8. The van der Waals surface area contributed by atoms with Gasteiger partial charge in [0.2, 0.25) is 10.0 Å². The third-order valence-electron chi connectivity index (χ3n) is 4.08. The number of anilines is 1. The van der Waals surface area contributed by atoms with Gasteiger partial charge in [-0.1, -0.05) is 31.6 Å². The number of sulfonamides is 1. The first kappa shape index (κ1) is 19.7. The zero-order valence-corrected chi connectivity index (χ0v) is 16.6. The van der Waals surface area contributed by atoms with E-state index in [-0.39, 0.29) is 10.6 Å². The van der Waals surface area contributed by atoms with Gasteiger partial charge in [0, 0.05) is 12.2 Å². The molecule has 25 heavy (non-hydrogen) atoms. The summed E-state index contributed by atoms with van der Waals surface area (Å²) in [6.45, 7) is 6.56. The van der Waals surface area contributed by atoms with Gasteiger partial charge < -0.3 is 10.1 Å². The SMILES string of the molecule is CCC(C)CC(C)Nc1ncc(-c2ccc(OC)c(S(N)(=O)=O)c2)s1. The van der Waals surface area contributed by atoms with E-state index in [0.717, 1.165) is 28.4 Å². The number of nitrogens with two attached hydrogens (primary N) is 1. The normalized spacial score (nSPS) is 14.1. The number of methoxy groups -OCH3 is 1. The van der Waals surface area contributed by atoms with Gasteiger partial charge in [-0.25, -0.2) is 18.5 Å². The first-order valence-electron chi connectivity index (χ1n) is 8.18. The fourth-order valence-corrected chi connectivity index (χ4v) is 4.21. The Morgan fingerprint density at radius 1 is 1.36 bits per heavy atom. The van der Waals surface area contributed by atoms with Crippen LogP contribution in [0.1, 0.15) is 33.6 Å². The lowest BCUT2D eigenvalue weighted by atomic mass is 10.0. The van der Waals surface area contributed by atoms with Crippen LogP contribution in [0.2, 0.25) is 0 Å². The smallest absolute Gasteiger partial charge is 0.241 e. The molecule has 0 aliphatic carbocycles. The number of hydrogen-bond acceptors (Lipinski definition) is 6. The molecule has 8 heteroatoms. The van der Waals surface area contributed by atoms with E-state index >= 15 is 0 Å². The number of ether oxygens (including phenoxy) is 1. The molecule has 0 amide bonds. The zero-order valence-electron chi connectivity index (χ0n) is 14.9. The van der Waals surface area contributed by atoms with Gasteiger partial charge in [-0.3, -0.25) is 0 Å². The summed E-state index contributed by atoms with van der Waals surface area (Å²) in [7, 11) is -2.45. The number of hydrogen-bond donors (Lipinski definition) is 2. The molecule has 3 N–H and O–H groups in total. The van der Waals surface area contributed by atoms with Gasteiger partial charge in [-0.2, -0.15) is 0 Å². The number of rotatable bonds is 8. The highest BCUT2D eigenvalue weighted by molar-refractivity contribution is 7.89. The predicted molar refractivity (Wildman–Crippen MR) is 103 cm³/mol. The molecule has 1 aromatic heterocycles. The molecule has 1 aromatic carbocycles. The Kier molecular flexibility index (Phi) is 6.42.